The molecule has 0 fully saturated rings. The van der Waals surface area contributed by atoms with Crippen molar-refractivity contribution >= 4 is 28.2 Å². The zero-order chi connectivity index (χ0) is 16.8. The number of halogens is 1. The van der Waals surface area contributed by atoms with Gasteiger partial charge in [-0.15, -0.1) is 0 Å². The first-order chi connectivity index (χ1) is 11.0. The smallest absolute Gasteiger partial charge is 0.294 e. The Morgan fingerprint density at radius 1 is 1.22 bits per heavy atom. The molecule has 5 nitrogen and oxygen atoms in total. The van der Waals surface area contributed by atoms with E-state index >= 15 is 0 Å². The summed E-state index contributed by atoms with van der Waals surface area (Å²) in [6, 6.07) is 12.6. The molecule has 0 saturated carbocycles. The van der Waals surface area contributed by atoms with Crippen LogP contribution >= 0.6 is 15.9 Å². The number of rotatable bonds is 7. The van der Waals surface area contributed by atoms with Crippen LogP contribution in [0.5, 0.6) is 5.75 Å². The number of carbonyl (C=O) groups is 2. The number of hydrogen-bond donors (Lipinski definition) is 2. The summed E-state index contributed by atoms with van der Waals surface area (Å²) >= 11 is 3.34. The Morgan fingerprint density at radius 2 is 1.87 bits per heavy atom. The van der Waals surface area contributed by atoms with Gasteiger partial charge in [0.25, 0.3) is 6.47 Å². The molecule has 2 aromatic carbocycles. The van der Waals surface area contributed by atoms with Crippen LogP contribution in [0.15, 0.2) is 53.0 Å². The van der Waals surface area contributed by atoms with Crippen molar-refractivity contribution in [1.29, 1.82) is 0 Å². The van der Waals surface area contributed by atoms with Crippen molar-refractivity contribution in [2.24, 2.45) is 5.73 Å². The Hall–Kier alpha value is -2.18. The average molecular weight is 378 g/mol. The van der Waals surface area contributed by atoms with Gasteiger partial charge in [-0.05, 0) is 30.2 Å². The zero-order valence-corrected chi connectivity index (χ0v) is 13.8. The lowest BCUT2D eigenvalue weighted by Gasteiger charge is -2.20. The van der Waals surface area contributed by atoms with E-state index in [0.717, 1.165) is 5.56 Å². The summed E-state index contributed by atoms with van der Waals surface area (Å²) in [5, 5.41) is 9.28. The summed E-state index contributed by atoms with van der Waals surface area (Å²) in [7, 11) is 0. The molecule has 0 radical (unpaired) electrons. The van der Waals surface area contributed by atoms with Gasteiger partial charge in [0, 0.05) is 10.0 Å². The Morgan fingerprint density at radius 3 is 2.48 bits per heavy atom. The minimum Gasteiger partial charge on any atom is -0.508 e. The molecule has 120 valence electrons. The number of ether oxygens (including phenoxy) is 1. The van der Waals surface area contributed by atoms with E-state index in [2.05, 4.69) is 15.9 Å². The minimum absolute atomic E-state index is 0.143. The fraction of sp³-hybridized carbons (Fsp3) is 0.176. The predicted octanol–water partition coefficient (Wildman–Crippen LogP) is 2.51. The highest BCUT2D eigenvalue weighted by Crippen LogP contribution is 2.27. The monoisotopic (exact) mass is 377 g/mol. The molecule has 0 spiro atoms. The van der Waals surface area contributed by atoms with E-state index < -0.39 is 17.9 Å². The fourth-order valence-electron chi connectivity index (χ4n) is 2.22. The zero-order valence-electron chi connectivity index (χ0n) is 12.2. The largest absolute Gasteiger partial charge is 0.508 e. The molecule has 0 aliphatic carbocycles. The molecule has 2 atom stereocenters. The molecule has 0 aromatic heterocycles. The van der Waals surface area contributed by atoms with E-state index in [1.807, 2.05) is 0 Å². The fourth-order valence-corrected chi connectivity index (χ4v) is 2.71. The summed E-state index contributed by atoms with van der Waals surface area (Å²) in [5.74, 6) is -0.249. The van der Waals surface area contributed by atoms with Crippen molar-refractivity contribution < 1.29 is 19.4 Å². The van der Waals surface area contributed by atoms with E-state index in [-0.39, 0.29) is 18.6 Å². The molecule has 2 aromatic rings. The number of phenols is 1. The van der Waals surface area contributed by atoms with Gasteiger partial charge in [-0.25, -0.2) is 0 Å². The Balaban J connectivity index is 2.18. The van der Waals surface area contributed by atoms with Crippen LogP contribution in [0.2, 0.25) is 0 Å². The van der Waals surface area contributed by atoms with Gasteiger partial charge in [-0.1, -0.05) is 46.3 Å². The maximum absolute atomic E-state index is 12.6. The third-order valence-electron chi connectivity index (χ3n) is 3.40. The third kappa shape index (κ3) is 4.40. The lowest BCUT2D eigenvalue weighted by molar-refractivity contribution is -0.145. The van der Waals surface area contributed by atoms with Crippen molar-refractivity contribution in [3.63, 3.8) is 0 Å². The minimum atomic E-state index is -1.06. The predicted molar refractivity (Wildman–Crippen MR) is 88.8 cm³/mol. The quantitative estimate of drug-likeness (QED) is 0.723. The Bertz CT molecular complexity index is 687. The van der Waals surface area contributed by atoms with Gasteiger partial charge < -0.3 is 15.6 Å². The number of aromatic hydroxyl groups is 1. The molecule has 23 heavy (non-hydrogen) atoms. The molecule has 6 heteroatoms. The lowest BCUT2D eigenvalue weighted by atomic mass is 9.96. The summed E-state index contributed by atoms with van der Waals surface area (Å²) in [4.78, 5) is 23.3. The molecular formula is C17H16BrNO4. The Kier molecular flexibility index (Phi) is 5.90. The number of ketones is 1. The SMILES string of the molecule is N[C@@H](Cc1ccc(O)cc1)C(=O)C(OC=O)c1ccccc1Br. The van der Waals surface area contributed by atoms with Crippen LogP contribution in [-0.2, 0) is 20.7 Å². The van der Waals surface area contributed by atoms with Crippen LogP contribution < -0.4 is 5.73 Å². The normalized spacial score (nSPS) is 13.1. The first kappa shape index (κ1) is 17.2. The van der Waals surface area contributed by atoms with Gasteiger partial charge in [0.05, 0.1) is 6.04 Å². The maximum Gasteiger partial charge on any atom is 0.294 e. The van der Waals surface area contributed by atoms with Gasteiger partial charge in [0.2, 0.25) is 0 Å². The molecule has 1 unspecified atom stereocenters. The molecule has 3 N–H and O–H groups in total. The number of hydrogen-bond acceptors (Lipinski definition) is 5. The highest BCUT2D eigenvalue weighted by molar-refractivity contribution is 9.10. The summed E-state index contributed by atoms with van der Waals surface area (Å²) in [6.45, 7) is 0.245. The van der Waals surface area contributed by atoms with Gasteiger partial charge in [-0.3, -0.25) is 9.59 Å². The van der Waals surface area contributed by atoms with Gasteiger partial charge >= 0.3 is 0 Å². The Labute approximate surface area is 142 Å². The van der Waals surface area contributed by atoms with Crippen molar-refractivity contribution in [1.82, 2.24) is 0 Å². The van der Waals surface area contributed by atoms with Gasteiger partial charge in [0.15, 0.2) is 11.9 Å². The molecule has 0 heterocycles. The molecule has 2 rings (SSSR count). The van der Waals surface area contributed by atoms with E-state index in [4.69, 9.17) is 10.5 Å². The number of benzene rings is 2. The van der Waals surface area contributed by atoms with Gasteiger partial charge in [-0.2, -0.15) is 0 Å². The number of phenolic OH excluding ortho intramolecular Hbond substituents is 1. The van der Waals surface area contributed by atoms with Crippen LogP contribution in [0.3, 0.4) is 0 Å². The summed E-state index contributed by atoms with van der Waals surface area (Å²) in [6.07, 6.45) is -0.780. The molecule has 0 bridgehead atoms. The molecule has 0 aliphatic rings. The van der Waals surface area contributed by atoms with Crippen LogP contribution in [0.4, 0.5) is 0 Å². The van der Waals surface area contributed by atoms with Crippen LogP contribution in [0.25, 0.3) is 0 Å². The standard InChI is InChI=1S/C17H16BrNO4/c18-14-4-2-1-3-13(14)17(23-10-20)16(22)15(19)9-11-5-7-12(21)8-6-11/h1-8,10,15,17,21H,9,19H2/t15-,17?/m0/s1. The second kappa shape index (κ2) is 7.89. The highest BCUT2D eigenvalue weighted by atomic mass is 79.9. The van der Waals surface area contributed by atoms with Crippen LogP contribution in [-0.4, -0.2) is 23.4 Å². The first-order valence-electron chi connectivity index (χ1n) is 6.93. The maximum atomic E-state index is 12.6. The van der Waals surface area contributed by atoms with Crippen molar-refractivity contribution in [3.05, 3.63) is 64.1 Å². The second-order valence-corrected chi connectivity index (χ2v) is 5.87. The highest BCUT2D eigenvalue weighted by Gasteiger charge is 2.28. The molecule has 0 aliphatic heterocycles. The molecular weight excluding hydrogens is 362 g/mol. The third-order valence-corrected chi connectivity index (χ3v) is 4.12. The van der Waals surface area contributed by atoms with E-state index in [9.17, 15) is 14.7 Å². The topological polar surface area (TPSA) is 89.6 Å². The number of nitrogens with two attached hydrogens (primary N) is 1. The van der Waals surface area contributed by atoms with E-state index in [1.54, 1.807) is 36.4 Å². The van der Waals surface area contributed by atoms with Crippen molar-refractivity contribution in [3.8, 4) is 5.75 Å². The first-order valence-corrected chi connectivity index (χ1v) is 7.73. The van der Waals surface area contributed by atoms with Crippen molar-refractivity contribution in [2.75, 3.05) is 0 Å². The molecule has 0 amide bonds. The van der Waals surface area contributed by atoms with E-state index in [0.29, 0.717) is 10.0 Å². The average Bonchev–Trinajstić information content (AvgIpc) is 2.55. The van der Waals surface area contributed by atoms with Crippen molar-refractivity contribution in [2.45, 2.75) is 18.6 Å². The second-order valence-electron chi connectivity index (χ2n) is 5.01. The number of carbonyl (C=O) groups excluding carboxylic acids is 2. The van der Waals surface area contributed by atoms with E-state index in [1.165, 1.54) is 12.1 Å². The lowest BCUT2D eigenvalue weighted by Crippen LogP contribution is -2.37. The number of Topliss-reactive ketones (excluding diaryl/α,β-unsaturated/α-hetero) is 1. The molecule has 0 saturated heterocycles. The summed E-state index contributed by atoms with van der Waals surface area (Å²) in [5.41, 5.74) is 7.34. The summed E-state index contributed by atoms with van der Waals surface area (Å²) < 4.78 is 5.63. The van der Waals surface area contributed by atoms with Crippen LogP contribution in [0, 0.1) is 0 Å². The van der Waals surface area contributed by atoms with Crippen LogP contribution in [0.1, 0.15) is 17.2 Å². The van der Waals surface area contributed by atoms with Gasteiger partial charge in [0.1, 0.15) is 5.75 Å².